The largest absolute Gasteiger partial charge is 0.383 e. The molecule has 0 aromatic carbocycles. The molecule has 16 heavy (non-hydrogen) atoms. The Balaban J connectivity index is 2.74. The molecule has 1 rings (SSSR count). The van der Waals surface area contributed by atoms with E-state index in [2.05, 4.69) is 29.0 Å². The van der Waals surface area contributed by atoms with E-state index in [-0.39, 0.29) is 0 Å². The normalized spacial score (nSPS) is 11.1. The average Bonchev–Trinajstić information content (AvgIpc) is 2.23. The van der Waals surface area contributed by atoms with Gasteiger partial charge in [0.15, 0.2) is 0 Å². The number of hydrogen-bond acceptors (Lipinski definition) is 5. The summed E-state index contributed by atoms with van der Waals surface area (Å²) < 4.78 is 0. The first-order chi connectivity index (χ1) is 7.54. The van der Waals surface area contributed by atoms with E-state index in [1.165, 1.54) is 0 Å². The number of hydrogen-bond donors (Lipinski definition) is 1. The Hall–Kier alpha value is -0.810. The van der Waals surface area contributed by atoms with Crippen molar-refractivity contribution in [1.82, 2.24) is 14.9 Å². The second kappa shape index (κ2) is 6.06. The van der Waals surface area contributed by atoms with E-state index in [1.807, 2.05) is 13.8 Å². The Morgan fingerprint density at radius 1 is 1.31 bits per heavy atom. The lowest BCUT2D eigenvalue weighted by Crippen LogP contribution is -2.15. The van der Waals surface area contributed by atoms with Gasteiger partial charge in [-0.2, -0.15) is 0 Å². The summed E-state index contributed by atoms with van der Waals surface area (Å²) in [6, 6.07) is 0. The van der Waals surface area contributed by atoms with Crippen molar-refractivity contribution in [3.05, 3.63) is 11.4 Å². The highest BCUT2D eigenvalue weighted by molar-refractivity contribution is 7.99. The van der Waals surface area contributed by atoms with Crippen molar-refractivity contribution in [2.75, 3.05) is 32.1 Å². The molecule has 0 aliphatic carbocycles. The molecule has 0 unspecified atom stereocenters. The van der Waals surface area contributed by atoms with Crippen molar-refractivity contribution >= 4 is 17.6 Å². The van der Waals surface area contributed by atoms with Crippen LogP contribution in [0, 0.1) is 6.92 Å². The van der Waals surface area contributed by atoms with Gasteiger partial charge in [-0.15, -0.1) is 11.8 Å². The average molecular weight is 240 g/mol. The summed E-state index contributed by atoms with van der Waals surface area (Å²) in [6.07, 6.45) is 0.825. The third kappa shape index (κ3) is 3.64. The van der Waals surface area contributed by atoms with Crippen molar-refractivity contribution in [2.24, 2.45) is 0 Å². The number of aryl methyl sites for hydroxylation is 1. The topological polar surface area (TPSA) is 55.0 Å². The van der Waals surface area contributed by atoms with Crippen molar-refractivity contribution in [3.8, 4) is 0 Å². The van der Waals surface area contributed by atoms with Gasteiger partial charge in [0.2, 0.25) is 0 Å². The van der Waals surface area contributed by atoms with Gasteiger partial charge in [0.1, 0.15) is 16.7 Å². The van der Waals surface area contributed by atoms with Gasteiger partial charge in [-0.05, 0) is 21.0 Å². The molecule has 5 heteroatoms. The fraction of sp³-hybridized carbons (Fsp3) is 0.636. The smallest absolute Gasteiger partial charge is 0.131 e. The number of aromatic nitrogens is 2. The number of rotatable bonds is 5. The Bertz CT molecular complexity index is 352. The molecule has 0 saturated heterocycles. The quantitative estimate of drug-likeness (QED) is 0.625. The van der Waals surface area contributed by atoms with Crippen molar-refractivity contribution in [2.45, 2.75) is 25.3 Å². The molecule has 0 saturated carbocycles. The molecule has 90 valence electrons. The summed E-state index contributed by atoms with van der Waals surface area (Å²) in [4.78, 5) is 10.9. The van der Waals surface area contributed by atoms with Crippen LogP contribution in [0.3, 0.4) is 0 Å². The van der Waals surface area contributed by atoms with E-state index in [0.29, 0.717) is 5.82 Å². The summed E-state index contributed by atoms with van der Waals surface area (Å²) in [6.45, 7) is 5.06. The predicted molar refractivity (Wildman–Crippen MR) is 69.8 cm³/mol. The lowest BCUT2D eigenvalue weighted by molar-refractivity contribution is 0.437. The maximum absolute atomic E-state index is 5.85. The zero-order valence-electron chi connectivity index (χ0n) is 10.4. The van der Waals surface area contributed by atoms with Crippen LogP contribution in [-0.2, 0) is 6.42 Å². The SMILES string of the molecule is CCc1nc(N)c(C)c(SCCN(C)C)n1. The number of nitrogens with two attached hydrogens (primary N) is 1. The zero-order chi connectivity index (χ0) is 12.1. The molecular weight excluding hydrogens is 220 g/mol. The highest BCUT2D eigenvalue weighted by atomic mass is 32.2. The molecular formula is C11H20N4S. The highest BCUT2D eigenvalue weighted by Crippen LogP contribution is 2.23. The van der Waals surface area contributed by atoms with Crippen LogP contribution >= 0.6 is 11.8 Å². The summed E-state index contributed by atoms with van der Waals surface area (Å²) in [7, 11) is 4.14. The van der Waals surface area contributed by atoms with E-state index in [0.717, 1.165) is 35.1 Å². The molecule has 0 aliphatic rings. The van der Waals surface area contributed by atoms with Gasteiger partial charge >= 0.3 is 0 Å². The Morgan fingerprint density at radius 3 is 2.56 bits per heavy atom. The maximum Gasteiger partial charge on any atom is 0.131 e. The Kier molecular flexibility index (Phi) is 5.02. The van der Waals surface area contributed by atoms with Crippen LogP contribution in [0.2, 0.25) is 0 Å². The molecule has 0 atom stereocenters. The van der Waals surface area contributed by atoms with Gasteiger partial charge in [0.05, 0.1) is 0 Å². The molecule has 2 N–H and O–H groups in total. The van der Waals surface area contributed by atoms with E-state index in [4.69, 9.17) is 5.73 Å². The van der Waals surface area contributed by atoms with Crippen LogP contribution in [0.25, 0.3) is 0 Å². The van der Waals surface area contributed by atoms with Crippen LogP contribution in [0.1, 0.15) is 18.3 Å². The summed E-state index contributed by atoms with van der Waals surface area (Å²) in [5.74, 6) is 2.46. The first kappa shape index (κ1) is 13.3. The molecule has 0 amide bonds. The minimum Gasteiger partial charge on any atom is -0.383 e. The van der Waals surface area contributed by atoms with E-state index < -0.39 is 0 Å². The molecule has 0 fully saturated rings. The van der Waals surface area contributed by atoms with Crippen LogP contribution in [-0.4, -0.2) is 41.3 Å². The maximum atomic E-state index is 5.85. The molecule has 4 nitrogen and oxygen atoms in total. The summed E-state index contributed by atoms with van der Waals surface area (Å²) >= 11 is 1.75. The summed E-state index contributed by atoms with van der Waals surface area (Å²) in [5.41, 5.74) is 6.85. The summed E-state index contributed by atoms with van der Waals surface area (Å²) in [5, 5.41) is 1.02. The fourth-order valence-corrected chi connectivity index (χ4v) is 2.32. The third-order valence-electron chi connectivity index (χ3n) is 2.28. The predicted octanol–water partition coefficient (Wildman–Crippen LogP) is 1.58. The Morgan fingerprint density at radius 2 is 2.00 bits per heavy atom. The number of nitrogen functional groups attached to an aromatic ring is 1. The third-order valence-corrected chi connectivity index (χ3v) is 3.34. The molecule has 0 radical (unpaired) electrons. The second-order valence-electron chi connectivity index (χ2n) is 3.96. The first-order valence-corrected chi connectivity index (χ1v) is 6.43. The molecule has 1 aromatic rings. The second-order valence-corrected chi connectivity index (χ2v) is 5.04. The van der Waals surface area contributed by atoms with Crippen LogP contribution in [0.4, 0.5) is 5.82 Å². The number of anilines is 1. The zero-order valence-corrected chi connectivity index (χ0v) is 11.3. The molecule has 0 spiro atoms. The number of thioether (sulfide) groups is 1. The molecule has 0 bridgehead atoms. The number of nitrogens with zero attached hydrogens (tertiary/aromatic N) is 3. The van der Waals surface area contributed by atoms with E-state index in [1.54, 1.807) is 11.8 Å². The minimum atomic E-state index is 0.610. The van der Waals surface area contributed by atoms with Crippen LogP contribution < -0.4 is 5.73 Å². The standard InChI is InChI=1S/C11H20N4S/c1-5-9-13-10(12)8(2)11(14-9)16-7-6-15(3)4/h5-7H2,1-4H3,(H2,12,13,14). The van der Waals surface area contributed by atoms with Gasteiger partial charge in [-0.25, -0.2) is 9.97 Å². The van der Waals surface area contributed by atoms with Crippen LogP contribution in [0.5, 0.6) is 0 Å². The monoisotopic (exact) mass is 240 g/mol. The van der Waals surface area contributed by atoms with Crippen LogP contribution in [0.15, 0.2) is 5.03 Å². The lowest BCUT2D eigenvalue weighted by Gasteiger charge is -2.11. The van der Waals surface area contributed by atoms with Gasteiger partial charge in [-0.3, -0.25) is 0 Å². The fourth-order valence-electron chi connectivity index (χ4n) is 1.18. The van der Waals surface area contributed by atoms with Crippen molar-refractivity contribution < 1.29 is 0 Å². The first-order valence-electron chi connectivity index (χ1n) is 5.45. The van der Waals surface area contributed by atoms with Gasteiger partial charge in [0.25, 0.3) is 0 Å². The Labute approximate surface area is 102 Å². The van der Waals surface area contributed by atoms with Gasteiger partial charge < -0.3 is 10.6 Å². The molecule has 0 aliphatic heterocycles. The molecule has 1 aromatic heterocycles. The van der Waals surface area contributed by atoms with Gasteiger partial charge in [0, 0.05) is 24.3 Å². The van der Waals surface area contributed by atoms with E-state index in [9.17, 15) is 0 Å². The molecule has 1 heterocycles. The van der Waals surface area contributed by atoms with Crippen molar-refractivity contribution in [3.63, 3.8) is 0 Å². The van der Waals surface area contributed by atoms with Crippen molar-refractivity contribution in [1.29, 1.82) is 0 Å². The van der Waals surface area contributed by atoms with E-state index >= 15 is 0 Å². The lowest BCUT2D eigenvalue weighted by atomic mass is 10.3. The van der Waals surface area contributed by atoms with Gasteiger partial charge in [-0.1, -0.05) is 6.92 Å². The minimum absolute atomic E-state index is 0.610. The highest BCUT2D eigenvalue weighted by Gasteiger charge is 2.08.